The van der Waals surface area contributed by atoms with Gasteiger partial charge in [-0.15, -0.1) is 0 Å². The minimum absolute atomic E-state index is 0.0103. The third-order valence-corrected chi connectivity index (χ3v) is 9.29. The molecule has 0 aliphatic heterocycles. The Balaban J connectivity index is 0.000000626. The van der Waals surface area contributed by atoms with E-state index in [1.165, 1.54) is 33.4 Å². The van der Waals surface area contributed by atoms with Crippen molar-refractivity contribution in [3.8, 4) is 22.6 Å². The topological polar surface area (TPSA) is 122 Å². The molecule has 4 N–H and O–H groups in total. The van der Waals surface area contributed by atoms with Gasteiger partial charge in [0.1, 0.15) is 5.75 Å². The van der Waals surface area contributed by atoms with Crippen LogP contribution in [0.3, 0.4) is 0 Å². The fraction of sp³-hybridized carbons (Fsp3) is 0.214. The summed E-state index contributed by atoms with van der Waals surface area (Å²) in [7, 11) is 0. The van der Waals surface area contributed by atoms with Crippen LogP contribution in [0.2, 0.25) is 0 Å². The number of ether oxygens (including phenoxy) is 1. The molecule has 0 spiro atoms. The van der Waals surface area contributed by atoms with Gasteiger partial charge in [-0.2, -0.15) is 13.2 Å². The van der Waals surface area contributed by atoms with Crippen LogP contribution in [-0.4, -0.2) is 29.1 Å². The predicted molar refractivity (Wildman–Crippen MR) is 195 cm³/mol. The van der Waals surface area contributed by atoms with Crippen LogP contribution < -0.4 is 20.7 Å². The Morgan fingerprint density at radius 1 is 0.792 bits per heavy atom. The molecule has 8 nitrogen and oxygen atoms in total. The molecule has 1 unspecified atom stereocenters. The van der Waals surface area contributed by atoms with Gasteiger partial charge in [-0.1, -0.05) is 91.0 Å². The molecule has 5 aromatic rings. The number of fused-ring (bicyclic) bond motifs is 4. The Hall–Kier alpha value is -5.94. The maximum atomic E-state index is 14.1. The highest BCUT2D eigenvalue weighted by atomic mass is 19.4. The highest BCUT2D eigenvalue weighted by Crippen LogP contribution is 2.38. The molecule has 5 aromatic carbocycles. The molecule has 2 aliphatic carbocycles. The number of aryl methyl sites for hydroxylation is 1. The lowest BCUT2D eigenvalue weighted by molar-refractivity contribution is -0.192. The van der Waals surface area contributed by atoms with E-state index >= 15 is 0 Å². The maximum absolute atomic E-state index is 14.1. The summed E-state index contributed by atoms with van der Waals surface area (Å²) in [6.07, 6.45) is -2.20. The Labute approximate surface area is 305 Å². The van der Waals surface area contributed by atoms with Gasteiger partial charge < -0.3 is 25.8 Å². The fourth-order valence-electron chi connectivity index (χ4n) is 6.75. The van der Waals surface area contributed by atoms with Crippen molar-refractivity contribution in [2.45, 2.75) is 57.4 Å². The number of aliphatic carboxylic acids is 1. The highest BCUT2D eigenvalue weighted by Gasteiger charge is 2.38. The van der Waals surface area contributed by atoms with Crippen LogP contribution >= 0.6 is 0 Å². The average molecular weight is 722 g/mol. The molecule has 0 saturated heterocycles. The van der Waals surface area contributed by atoms with Crippen molar-refractivity contribution in [2.24, 2.45) is 5.73 Å². The third kappa shape index (κ3) is 8.93. The number of nitrogens with two attached hydrogens (primary N) is 1. The largest absolute Gasteiger partial charge is 0.490 e. The SMILES string of the molecule is NCc1cccc(Oc2ccccc2N(Cc2ccc3c(c2)Cc2ccccc2-3)C(=O)CCC(=O)NC2CCc3ccccc32)c1.O=C(O)C(F)(F)F. The lowest BCUT2D eigenvalue weighted by Gasteiger charge is -2.26. The first-order valence-electron chi connectivity index (χ1n) is 17.2. The van der Waals surface area contributed by atoms with Gasteiger partial charge in [0.25, 0.3) is 0 Å². The van der Waals surface area contributed by atoms with Crippen LogP contribution in [0, 0.1) is 0 Å². The van der Waals surface area contributed by atoms with Crippen LogP contribution in [0.5, 0.6) is 11.5 Å². The number of anilines is 1. The standard InChI is InChI=1S/C40H37N3O3.C2HF3O2/c41-25-27-8-7-11-32(23-27)46-38-15-6-5-14-37(38)43(26-28-16-18-34-31(22-28)24-30-10-2-3-12-33(30)34)40(45)21-20-39(44)42-36-19-17-29-9-1-4-13-35(29)36;3-2(4,5)1(6)7/h1-16,18,22-23,36H,17,19-21,24-26,41H2,(H,42,44);(H,6,7). The van der Waals surface area contributed by atoms with Gasteiger partial charge in [0, 0.05) is 19.4 Å². The zero-order chi connectivity index (χ0) is 37.5. The quantitative estimate of drug-likeness (QED) is 0.131. The van der Waals surface area contributed by atoms with E-state index in [1.54, 1.807) is 4.90 Å². The molecule has 2 amide bonds. The number of hydrogen-bond donors (Lipinski definition) is 3. The maximum Gasteiger partial charge on any atom is 0.490 e. The molecule has 11 heteroatoms. The number of carboxylic acids is 1. The van der Waals surface area contributed by atoms with E-state index in [9.17, 15) is 22.8 Å². The van der Waals surface area contributed by atoms with Crippen LogP contribution in [0.1, 0.15) is 58.7 Å². The van der Waals surface area contributed by atoms with E-state index in [1.807, 2.05) is 60.7 Å². The summed E-state index contributed by atoms with van der Waals surface area (Å²) in [4.78, 5) is 37.8. The van der Waals surface area contributed by atoms with Crippen molar-refractivity contribution in [3.05, 3.63) is 149 Å². The number of amides is 2. The number of carbonyl (C=O) groups excluding carboxylic acids is 2. The minimum Gasteiger partial charge on any atom is -0.475 e. The number of hydrogen-bond acceptors (Lipinski definition) is 5. The number of para-hydroxylation sites is 2. The van der Waals surface area contributed by atoms with E-state index in [2.05, 4.69) is 59.9 Å². The number of carboxylic acid groups (broad SMARTS) is 1. The van der Waals surface area contributed by atoms with Gasteiger partial charge in [0.2, 0.25) is 11.8 Å². The smallest absolute Gasteiger partial charge is 0.475 e. The van der Waals surface area contributed by atoms with E-state index in [-0.39, 0.29) is 30.7 Å². The zero-order valence-electron chi connectivity index (χ0n) is 28.7. The number of carbonyl (C=O) groups is 3. The van der Waals surface area contributed by atoms with Crippen LogP contribution in [-0.2, 0) is 40.3 Å². The van der Waals surface area contributed by atoms with E-state index in [4.69, 9.17) is 20.4 Å². The molecule has 7 rings (SSSR count). The molecule has 0 aromatic heterocycles. The monoisotopic (exact) mass is 721 g/mol. The second kappa shape index (κ2) is 16.2. The fourth-order valence-corrected chi connectivity index (χ4v) is 6.75. The first-order valence-corrected chi connectivity index (χ1v) is 17.2. The summed E-state index contributed by atoms with van der Waals surface area (Å²) >= 11 is 0. The van der Waals surface area contributed by atoms with Gasteiger partial charge in [-0.25, -0.2) is 4.79 Å². The Morgan fingerprint density at radius 3 is 2.26 bits per heavy atom. The third-order valence-electron chi connectivity index (χ3n) is 9.29. The van der Waals surface area contributed by atoms with Crippen LogP contribution in [0.4, 0.5) is 18.9 Å². The van der Waals surface area contributed by atoms with Crippen molar-refractivity contribution in [3.63, 3.8) is 0 Å². The number of rotatable bonds is 10. The molecule has 272 valence electrons. The molecule has 0 heterocycles. The van der Waals surface area contributed by atoms with E-state index < -0.39 is 12.1 Å². The van der Waals surface area contributed by atoms with Crippen molar-refractivity contribution in [1.82, 2.24) is 5.32 Å². The van der Waals surface area contributed by atoms with Crippen LogP contribution in [0.15, 0.2) is 115 Å². The molecule has 1 atom stereocenters. The summed E-state index contributed by atoms with van der Waals surface area (Å²) in [5.41, 5.74) is 16.0. The number of alkyl halides is 3. The van der Waals surface area contributed by atoms with E-state index in [0.29, 0.717) is 30.3 Å². The van der Waals surface area contributed by atoms with Crippen molar-refractivity contribution in [1.29, 1.82) is 0 Å². The van der Waals surface area contributed by atoms with Gasteiger partial charge in [-0.05, 0) is 88.0 Å². The molecule has 0 bridgehead atoms. The predicted octanol–water partition coefficient (Wildman–Crippen LogP) is 8.26. The summed E-state index contributed by atoms with van der Waals surface area (Å²) in [5.74, 6) is -1.81. The van der Waals surface area contributed by atoms with Gasteiger partial charge in [0.15, 0.2) is 5.75 Å². The zero-order valence-corrected chi connectivity index (χ0v) is 28.7. The lowest BCUT2D eigenvalue weighted by atomic mass is 10.0. The lowest BCUT2D eigenvalue weighted by Crippen LogP contribution is -2.33. The minimum atomic E-state index is -5.08. The number of halogens is 3. The Bertz CT molecular complexity index is 2130. The molecular formula is C42H38F3N3O5. The number of benzene rings is 5. The first kappa shape index (κ1) is 36.8. The molecule has 0 fully saturated rings. The average Bonchev–Trinajstić information content (AvgIpc) is 3.74. The summed E-state index contributed by atoms with van der Waals surface area (Å²) in [6, 6.07) is 38.4. The second-order valence-corrected chi connectivity index (χ2v) is 12.9. The van der Waals surface area contributed by atoms with Gasteiger partial charge >= 0.3 is 12.1 Å². The van der Waals surface area contributed by atoms with Crippen molar-refractivity contribution < 1.29 is 37.4 Å². The normalized spacial score (nSPS) is 13.8. The van der Waals surface area contributed by atoms with Gasteiger partial charge in [-0.3, -0.25) is 9.59 Å². The Kier molecular flexibility index (Phi) is 11.2. The number of nitrogens with zero attached hydrogens (tertiary/aromatic N) is 1. The summed E-state index contributed by atoms with van der Waals surface area (Å²) < 4.78 is 38.1. The Morgan fingerprint density at radius 2 is 1.49 bits per heavy atom. The molecule has 53 heavy (non-hydrogen) atoms. The summed E-state index contributed by atoms with van der Waals surface area (Å²) in [5, 5.41) is 10.3. The molecule has 0 saturated carbocycles. The van der Waals surface area contributed by atoms with E-state index in [0.717, 1.165) is 30.4 Å². The summed E-state index contributed by atoms with van der Waals surface area (Å²) in [6.45, 7) is 0.753. The highest BCUT2D eigenvalue weighted by molar-refractivity contribution is 5.97. The van der Waals surface area contributed by atoms with Gasteiger partial charge in [0.05, 0.1) is 18.3 Å². The molecular weight excluding hydrogens is 683 g/mol. The van der Waals surface area contributed by atoms with Crippen molar-refractivity contribution >= 4 is 23.5 Å². The van der Waals surface area contributed by atoms with Crippen LogP contribution in [0.25, 0.3) is 11.1 Å². The number of nitrogens with one attached hydrogen (secondary N) is 1. The molecule has 0 radical (unpaired) electrons. The first-order chi connectivity index (χ1) is 25.5. The molecule has 2 aliphatic rings. The second-order valence-electron chi connectivity index (χ2n) is 12.9. The van der Waals surface area contributed by atoms with Crippen molar-refractivity contribution in [2.75, 3.05) is 4.90 Å².